The number of carbonyl (C=O) groups is 5. The molecule has 0 N–H and O–H groups in total. The van der Waals surface area contributed by atoms with Crippen molar-refractivity contribution >= 4 is 29.7 Å². The standard InChI is InChI=1S/C12H18O6.C10H14O5/c1-15-10(13)8-5-9(11(14)16-2)7-12(6-8)17-3-4-18-12;1-14-9(12)6-3-7(10(13)15-2)5-8(11)4-6/h8-9H,3-7H2,1-2H3;6-7H,3-5H2,1-2H3. The van der Waals surface area contributed by atoms with Crippen LogP contribution in [0.15, 0.2) is 0 Å². The van der Waals surface area contributed by atoms with Gasteiger partial charge in [0, 0.05) is 25.7 Å². The molecule has 186 valence electrons. The summed E-state index contributed by atoms with van der Waals surface area (Å²) >= 11 is 0. The lowest BCUT2D eigenvalue weighted by atomic mass is 9.77. The summed E-state index contributed by atoms with van der Waals surface area (Å²) in [4.78, 5) is 57.1. The van der Waals surface area contributed by atoms with Gasteiger partial charge < -0.3 is 28.4 Å². The highest BCUT2D eigenvalue weighted by Gasteiger charge is 2.49. The summed E-state index contributed by atoms with van der Waals surface area (Å²) in [6.07, 6.45) is 1.97. The summed E-state index contributed by atoms with van der Waals surface area (Å²) in [6, 6.07) is 0. The van der Waals surface area contributed by atoms with Crippen LogP contribution >= 0.6 is 0 Å². The van der Waals surface area contributed by atoms with Crippen LogP contribution < -0.4 is 0 Å². The molecule has 4 unspecified atom stereocenters. The maximum Gasteiger partial charge on any atom is 0.309 e. The molecule has 33 heavy (non-hydrogen) atoms. The van der Waals surface area contributed by atoms with Crippen molar-refractivity contribution in [1.82, 2.24) is 0 Å². The first-order valence-corrected chi connectivity index (χ1v) is 10.8. The molecule has 11 nitrogen and oxygen atoms in total. The number of ketones is 1. The van der Waals surface area contributed by atoms with Crippen LogP contribution in [0.1, 0.15) is 38.5 Å². The van der Waals surface area contributed by atoms with Crippen molar-refractivity contribution in [2.45, 2.75) is 44.3 Å². The van der Waals surface area contributed by atoms with Gasteiger partial charge in [-0.15, -0.1) is 0 Å². The average Bonchev–Trinajstić information content (AvgIpc) is 3.28. The maximum absolute atomic E-state index is 11.7. The molecule has 0 aromatic heterocycles. The number of esters is 4. The van der Waals surface area contributed by atoms with Crippen LogP contribution in [0.5, 0.6) is 0 Å². The third kappa shape index (κ3) is 6.97. The molecule has 2 aliphatic carbocycles. The average molecular weight is 472 g/mol. The second-order valence-electron chi connectivity index (χ2n) is 8.31. The summed E-state index contributed by atoms with van der Waals surface area (Å²) in [5.74, 6) is -4.21. The van der Waals surface area contributed by atoms with Crippen molar-refractivity contribution in [3.05, 3.63) is 0 Å². The van der Waals surface area contributed by atoms with Gasteiger partial charge >= 0.3 is 23.9 Å². The minimum atomic E-state index is -0.823. The molecule has 3 rings (SSSR count). The number of rotatable bonds is 4. The number of methoxy groups -OCH3 is 4. The van der Waals surface area contributed by atoms with Crippen LogP contribution in [-0.4, -0.2) is 77.1 Å². The zero-order chi connectivity index (χ0) is 24.6. The third-order valence-electron chi connectivity index (χ3n) is 6.15. The molecule has 2 saturated carbocycles. The van der Waals surface area contributed by atoms with E-state index in [2.05, 4.69) is 9.47 Å². The SMILES string of the molecule is COC(=O)C1CC(=O)CC(C(=O)OC)C1.COC(=O)C1CC(C(=O)OC)CC2(C1)OCCO2. The Morgan fingerprint density at radius 2 is 1.00 bits per heavy atom. The van der Waals surface area contributed by atoms with E-state index in [1.165, 1.54) is 28.4 Å². The van der Waals surface area contributed by atoms with Crippen LogP contribution in [0.2, 0.25) is 0 Å². The minimum Gasteiger partial charge on any atom is -0.469 e. The van der Waals surface area contributed by atoms with Gasteiger partial charge in [0.2, 0.25) is 0 Å². The fourth-order valence-electron chi connectivity index (χ4n) is 4.60. The Kier molecular flexibility index (Phi) is 9.78. The number of hydrogen-bond donors (Lipinski definition) is 0. The summed E-state index contributed by atoms with van der Waals surface area (Å²) in [7, 11) is 5.23. The van der Waals surface area contributed by atoms with Gasteiger partial charge in [-0.2, -0.15) is 0 Å². The van der Waals surface area contributed by atoms with E-state index in [0.717, 1.165) is 0 Å². The van der Waals surface area contributed by atoms with E-state index in [9.17, 15) is 24.0 Å². The van der Waals surface area contributed by atoms with Crippen molar-refractivity contribution in [2.75, 3.05) is 41.7 Å². The highest BCUT2D eigenvalue weighted by Crippen LogP contribution is 2.42. The van der Waals surface area contributed by atoms with E-state index in [-0.39, 0.29) is 42.4 Å². The van der Waals surface area contributed by atoms with Crippen LogP contribution in [-0.2, 0) is 52.4 Å². The predicted octanol–water partition coefficient (Wildman–Crippen LogP) is 0.810. The van der Waals surface area contributed by atoms with Crippen molar-refractivity contribution in [3.63, 3.8) is 0 Å². The molecule has 0 amide bonds. The van der Waals surface area contributed by atoms with Gasteiger partial charge in [-0.05, 0) is 12.8 Å². The maximum atomic E-state index is 11.7. The predicted molar refractivity (Wildman–Crippen MR) is 109 cm³/mol. The van der Waals surface area contributed by atoms with E-state index < -0.39 is 29.6 Å². The fraction of sp³-hybridized carbons (Fsp3) is 0.773. The second kappa shape index (κ2) is 12.1. The molecule has 3 aliphatic rings. The minimum absolute atomic E-state index is 0.0907. The summed E-state index contributed by atoms with van der Waals surface area (Å²) < 4.78 is 29.8. The Morgan fingerprint density at radius 3 is 1.36 bits per heavy atom. The Bertz CT molecular complexity index is 689. The van der Waals surface area contributed by atoms with Gasteiger partial charge in [0.25, 0.3) is 0 Å². The molecule has 1 aliphatic heterocycles. The number of hydrogen-bond acceptors (Lipinski definition) is 11. The normalized spacial score (nSPS) is 28.2. The molecule has 1 spiro atoms. The molecule has 0 aromatic rings. The molecular formula is C22H32O11. The fourth-order valence-corrected chi connectivity index (χ4v) is 4.60. The summed E-state index contributed by atoms with van der Waals surface area (Å²) in [5.41, 5.74) is 0. The van der Waals surface area contributed by atoms with Crippen molar-refractivity contribution in [3.8, 4) is 0 Å². The first-order valence-electron chi connectivity index (χ1n) is 10.8. The number of ether oxygens (including phenoxy) is 6. The monoisotopic (exact) mass is 472 g/mol. The molecule has 4 atom stereocenters. The Labute approximate surface area is 192 Å². The van der Waals surface area contributed by atoms with Gasteiger partial charge in [-0.3, -0.25) is 24.0 Å². The van der Waals surface area contributed by atoms with Crippen molar-refractivity contribution in [2.24, 2.45) is 23.7 Å². The van der Waals surface area contributed by atoms with Crippen molar-refractivity contribution in [1.29, 1.82) is 0 Å². The van der Waals surface area contributed by atoms with Gasteiger partial charge in [0.1, 0.15) is 5.78 Å². The molecule has 1 saturated heterocycles. The van der Waals surface area contributed by atoms with Crippen molar-refractivity contribution < 1.29 is 52.4 Å². The Balaban J connectivity index is 0.000000238. The molecule has 0 radical (unpaired) electrons. The van der Waals surface area contributed by atoms with E-state index in [0.29, 0.717) is 38.9 Å². The highest BCUT2D eigenvalue weighted by molar-refractivity contribution is 5.90. The van der Waals surface area contributed by atoms with E-state index in [4.69, 9.17) is 18.9 Å². The van der Waals surface area contributed by atoms with Crippen LogP contribution in [0, 0.1) is 23.7 Å². The lowest BCUT2D eigenvalue weighted by molar-refractivity contribution is -0.208. The molecule has 0 bridgehead atoms. The van der Waals surface area contributed by atoms with Crippen LogP contribution in [0.25, 0.3) is 0 Å². The summed E-state index contributed by atoms with van der Waals surface area (Å²) in [5, 5.41) is 0. The number of carbonyl (C=O) groups excluding carboxylic acids is 5. The van der Waals surface area contributed by atoms with Gasteiger partial charge in [-0.1, -0.05) is 0 Å². The third-order valence-corrected chi connectivity index (χ3v) is 6.15. The van der Waals surface area contributed by atoms with Gasteiger partial charge in [0.15, 0.2) is 5.79 Å². The quantitative estimate of drug-likeness (QED) is 0.424. The lowest BCUT2D eigenvalue weighted by Crippen LogP contribution is -2.45. The molecule has 0 aromatic carbocycles. The van der Waals surface area contributed by atoms with E-state index in [1.54, 1.807) is 0 Å². The van der Waals surface area contributed by atoms with Gasteiger partial charge in [0.05, 0.1) is 65.3 Å². The van der Waals surface area contributed by atoms with Crippen LogP contribution in [0.4, 0.5) is 0 Å². The van der Waals surface area contributed by atoms with E-state index >= 15 is 0 Å². The largest absolute Gasteiger partial charge is 0.469 e. The lowest BCUT2D eigenvalue weighted by Gasteiger charge is -2.38. The zero-order valence-electron chi connectivity index (χ0n) is 19.5. The van der Waals surface area contributed by atoms with Gasteiger partial charge in [-0.25, -0.2) is 0 Å². The van der Waals surface area contributed by atoms with E-state index in [1.807, 2.05) is 0 Å². The second-order valence-corrected chi connectivity index (χ2v) is 8.31. The molecule has 3 fully saturated rings. The number of Topliss-reactive ketones (excluding diaryl/α,β-unsaturated/α-hetero) is 1. The smallest absolute Gasteiger partial charge is 0.309 e. The zero-order valence-corrected chi connectivity index (χ0v) is 19.5. The first-order chi connectivity index (χ1) is 15.7. The molecular weight excluding hydrogens is 440 g/mol. The Hall–Kier alpha value is -2.53. The topological polar surface area (TPSA) is 141 Å². The van der Waals surface area contributed by atoms with Crippen LogP contribution in [0.3, 0.4) is 0 Å². The first kappa shape index (κ1) is 26.7. The molecule has 11 heteroatoms. The highest BCUT2D eigenvalue weighted by atomic mass is 16.7. The molecule has 1 heterocycles. The summed E-state index contributed by atoms with van der Waals surface area (Å²) in [6.45, 7) is 0.976. The Morgan fingerprint density at radius 1 is 0.667 bits per heavy atom.